The standard InChI is InChI=1S/C24H22F3NO7S/c1-13(2)35-23(31)20(22(30)24(25,26)27)18-12-19(16-6-4-5-7-17(16)21(18)29)28-36(32,33)15-10-8-14(34-3)9-11-15/h4-13,20,28-29H,1-3H3/t20-/m0/s1. The summed E-state index contributed by atoms with van der Waals surface area (Å²) in [5.74, 6) is -6.99. The second-order valence-electron chi connectivity index (χ2n) is 7.97. The first kappa shape index (κ1) is 26.8. The summed E-state index contributed by atoms with van der Waals surface area (Å²) in [6, 6.07) is 11.8. The van der Waals surface area contributed by atoms with Gasteiger partial charge in [-0.25, -0.2) is 8.42 Å². The molecular weight excluding hydrogens is 503 g/mol. The molecule has 0 aliphatic rings. The highest BCUT2D eigenvalue weighted by molar-refractivity contribution is 7.92. The van der Waals surface area contributed by atoms with E-state index in [1.54, 1.807) is 0 Å². The van der Waals surface area contributed by atoms with E-state index in [1.165, 1.54) is 69.5 Å². The van der Waals surface area contributed by atoms with Gasteiger partial charge in [-0.2, -0.15) is 13.2 Å². The fourth-order valence-electron chi connectivity index (χ4n) is 3.48. The first-order chi connectivity index (χ1) is 16.8. The molecule has 3 aromatic rings. The predicted molar refractivity (Wildman–Crippen MR) is 124 cm³/mol. The molecule has 0 bridgehead atoms. The second kappa shape index (κ2) is 10.1. The van der Waals surface area contributed by atoms with Crippen molar-refractivity contribution in [1.29, 1.82) is 0 Å². The third kappa shape index (κ3) is 5.54. The highest BCUT2D eigenvalue weighted by Gasteiger charge is 2.49. The number of carbonyl (C=O) groups is 2. The summed E-state index contributed by atoms with van der Waals surface area (Å²) in [4.78, 5) is 24.7. The maximum atomic E-state index is 13.4. The van der Waals surface area contributed by atoms with E-state index in [0.29, 0.717) is 5.75 Å². The van der Waals surface area contributed by atoms with Gasteiger partial charge in [0.1, 0.15) is 11.5 Å². The highest BCUT2D eigenvalue weighted by atomic mass is 32.2. The Morgan fingerprint density at radius 1 is 1.00 bits per heavy atom. The molecule has 0 saturated carbocycles. The molecule has 0 heterocycles. The number of rotatable bonds is 8. The van der Waals surface area contributed by atoms with Gasteiger partial charge in [-0.3, -0.25) is 14.3 Å². The van der Waals surface area contributed by atoms with Crippen LogP contribution in [0.5, 0.6) is 11.5 Å². The van der Waals surface area contributed by atoms with Crippen LogP contribution < -0.4 is 9.46 Å². The van der Waals surface area contributed by atoms with Gasteiger partial charge in [0.2, 0.25) is 0 Å². The number of sulfonamides is 1. The van der Waals surface area contributed by atoms with Crippen molar-refractivity contribution in [3.05, 3.63) is 60.2 Å². The number of aromatic hydroxyl groups is 1. The van der Waals surface area contributed by atoms with Gasteiger partial charge in [0.25, 0.3) is 15.8 Å². The van der Waals surface area contributed by atoms with Crippen LogP contribution >= 0.6 is 0 Å². The van der Waals surface area contributed by atoms with E-state index in [9.17, 15) is 36.3 Å². The number of phenols is 1. The van der Waals surface area contributed by atoms with Crippen LogP contribution in [0.3, 0.4) is 0 Å². The number of ether oxygens (including phenoxy) is 2. The van der Waals surface area contributed by atoms with Crippen LogP contribution in [-0.4, -0.2) is 44.7 Å². The van der Waals surface area contributed by atoms with Crippen molar-refractivity contribution in [2.75, 3.05) is 11.8 Å². The lowest BCUT2D eigenvalue weighted by Gasteiger charge is -2.21. The number of hydrogen-bond donors (Lipinski definition) is 2. The number of carbonyl (C=O) groups excluding carboxylic acids is 2. The van der Waals surface area contributed by atoms with Crippen molar-refractivity contribution in [2.24, 2.45) is 0 Å². The number of phenolic OH excluding ortho intramolecular Hbond substituents is 1. The van der Waals surface area contributed by atoms with E-state index in [4.69, 9.17) is 9.47 Å². The van der Waals surface area contributed by atoms with E-state index >= 15 is 0 Å². The van der Waals surface area contributed by atoms with Gasteiger partial charge in [-0.15, -0.1) is 0 Å². The minimum Gasteiger partial charge on any atom is -0.507 e. The molecule has 0 amide bonds. The molecule has 36 heavy (non-hydrogen) atoms. The molecule has 1 atom stereocenters. The van der Waals surface area contributed by atoms with Crippen molar-refractivity contribution in [1.82, 2.24) is 0 Å². The summed E-state index contributed by atoms with van der Waals surface area (Å²) in [6.45, 7) is 2.75. The molecule has 2 N–H and O–H groups in total. The van der Waals surface area contributed by atoms with E-state index in [0.717, 1.165) is 6.07 Å². The summed E-state index contributed by atoms with van der Waals surface area (Å²) in [7, 11) is -2.89. The van der Waals surface area contributed by atoms with E-state index in [2.05, 4.69) is 4.72 Å². The second-order valence-corrected chi connectivity index (χ2v) is 9.65. The fourth-order valence-corrected chi connectivity index (χ4v) is 4.55. The van der Waals surface area contributed by atoms with E-state index < -0.39 is 51.3 Å². The Morgan fingerprint density at radius 3 is 2.11 bits per heavy atom. The zero-order valence-corrected chi connectivity index (χ0v) is 20.1. The molecule has 3 rings (SSSR count). The largest absolute Gasteiger partial charge is 0.507 e. The Bertz CT molecular complexity index is 1400. The van der Waals surface area contributed by atoms with Crippen molar-refractivity contribution in [3.8, 4) is 11.5 Å². The average molecular weight is 526 g/mol. The number of halogens is 3. The fraction of sp³-hybridized carbons (Fsp3) is 0.250. The van der Waals surface area contributed by atoms with Gasteiger partial charge in [-0.05, 0) is 44.2 Å². The minimum absolute atomic E-state index is 0.0836. The van der Waals surface area contributed by atoms with Crippen molar-refractivity contribution in [2.45, 2.75) is 36.9 Å². The lowest BCUT2D eigenvalue weighted by Crippen LogP contribution is -2.35. The number of esters is 1. The van der Waals surface area contributed by atoms with E-state index in [-0.39, 0.29) is 21.4 Å². The van der Waals surface area contributed by atoms with Crippen LogP contribution in [0, 0.1) is 0 Å². The lowest BCUT2D eigenvalue weighted by molar-refractivity contribution is -0.178. The lowest BCUT2D eigenvalue weighted by atomic mass is 9.90. The molecule has 8 nitrogen and oxygen atoms in total. The summed E-state index contributed by atoms with van der Waals surface area (Å²) < 4.78 is 78.5. The topological polar surface area (TPSA) is 119 Å². The molecule has 0 unspecified atom stereocenters. The Labute approximate surface area is 204 Å². The number of hydrogen-bond acceptors (Lipinski definition) is 7. The molecule has 0 fully saturated rings. The van der Waals surface area contributed by atoms with Gasteiger partial charge in [0.15, 0.2) is 5.92 Å². The molecule has 0 spiro atoms. The number of benzene rings is 3. The van der Waals surface area contributed by atoms with Gasteiger partial charge in [-0.1, -0.05) is 24.3 Å². The molecule has 0 aromatic heterocycles. The van der Waals surface area contributed by atoms with Crippen molar-refractivity contribution < 1.29 is 45.8 Å². The monoisotopic (exact) mass is 525 g/mol. The zero-order valence-electron chi connectivity index (χ0n) is 19.3. The van der Waals surface area contributed by atoms with Crippen LogP contribution in [0.4, 0.5) is 18.9 Å². The molecule has 0 aliphatic heterocycles. The maximum absolute atomic E-state index is 13.4. The molecule has 192 valence electrons. The first-order valence-corrected chi connectivity index (χ1v) is 12.0. The van der Waals surface area contributed by atoms with E-state index in [1.807, 2.05) is 0 Å². The molecule has 0 radical (unpaired) electrons. The van der Waals surface area contributed by atoms with Crippen molar-refractivity contribution in [3.63, 3.8) is 0 Å². The van der Waals surface area contributed by atoms with Crippen LogP contribution in [0.2, 0.25) is 0 Å². The molecular formula is C24H22F3NO7S. The minimum atomic E-state index is -5.44. The Hall–Kier alpha value is -3.80. The molecule has 3 aromatic carbocycles. The zero-order chi connectivity index (χ0) is 26.8. The van der Waals surface area contributed by atoms with Gasteiger partial charge < -0.3 is 14.6 Å². The summed E-state index contributed by atoms with van der Waals surface area (Å²) in [5.41, 5.74) is -1.01. The average Bonchev–Trinajstić information content (AvgIpc) is 2.80. The number of alkyl halides is 3. The Kier molecular flexibility index (Phi) is 7.48. The SMILES string of the molecule is COc1ccc(S(=O)(=O)Nc2cc([C@H](C(=O)OC(C)C)C(=O)C(F)(F)F)c(O)c3ccccc23)cc1. The van der Waals surface area contributed by atoms with Gasteiger partial charge >= 0.3 is 12.1 Å². The quantitative estimate of drug-likeness (QED) is 0.252. The number of ketones is 1. The Morgan fingerprint density at radius 2 is 1.58 bits per heavy atom. The van der Waals surface area contributed by atoms with Crippen LogP contribution in [0.1, 0.15) is 25.3 Å². The number of nitrogens with one attached hydrogen (secondary N) is 1. The van der Waals surface area contributed by atoms with Crippen LogP contribution in [0.25, 0.3) is 10.8 Å². The Balaban J connectivity index is 2.22. The number of methoxy groups -OCH3 is 1. The summed E-state index contributed by atoms with van der Waals surface area (Å²) >= 11 is 0. The molecule has 0 saturated heterocycles. The van der Waals surface area contributed by atoms with Crippen LogP contribution in [0.15, 0.2) is 59.5 Å². The molecule has 12 heteroatoms. The molecule has 0 aliphatic carbocycles. The normalized spacial score (nSPS) is 12.9. The predicted octanol–water partition coefficient (Wildman–Crippen LogP) is 4.52. The first-order valence-electron chi connectivity index (χ1n) is 10.5. The summed E-state index contributed by atoms with van der Waals surface area (Å²) in [6.07, 6.45) is -6.31. The number of Topliss-reactive ketones (excluding diaryl/α,β-unsaturated/α-hetero) is 1. The summed E-state index contributed by atoms with van der Waals surface area (Å²) in [5, 5.41) is 10.8. The van der Waals surface area contributed by atoms with Gasteiger partial charge in [0, 0.05) is 16.3 Å². The third-order valence-electron chi connectivity index (χ3n) is 5.10. The number of fused-ring (bicyclic) bond motifs is 1. The highest BCUT2D eigenvalue weighted by Crippen LogP contribution is 2.41. The maximum Gasteiger partial charge on any atom is 0.451 e. The smallest absolute Gasteiger partial charge is 0.451 e. The van der Waals surface area contributed by atoms with Gasteiger partial charge in [0.05, 0.1) is 23.8 Å². The number of anilines is 1. The van der Waals surface area contributed by atoms with Crippen LogP contribution in [-0.2, 0) is 24.3 Å². The third-order valence-corrected chi connectivity index (χ3v) is 6.48. The van der Waals surface area contributed by atoms with Crippen molar-refractivity contribution >= 4 is 38.2 Å².